The van der Waals surface area contributed by atoms with Crippen LogP contribution in [0.15, 0.2) is 0 Å². The smallest absolute Gasteiger partial charge is 0.748 e. The molecule has 0 aliphatic rings. The van der Waals surface area contributed by atoms with Gasteiger partial charge >= 0.3 is 48.9 Å². The Balaban J connectivity index is -0.000000727. The zero-order chi connectivity index (χ0) is 32.0. The van der Waals surface area contributed by atoms with E-state index in [1.54, 1.807) is 13.8 Å². The van der Waals surface area contributed by atoms with Crippen molar-refractivity contribution in [3.8, 4) is 0 Å². The van der Waals surface area contributed by atoms with Gasteiger partial charge in [0.05, 0.1) is 20.2 Å². The normalized spacial score (nSPS) is 13.2. The second-order valence-corrected chi connectivity index (χ2v) is 15.7. The molecule has 6 nitrogen and oxygen atoms in total. The van der Waals surface area contributed by atoms with Gasteiger partial charge in [-0.3, -0.25) is 0 Å². The van der Waals surface area contributed by atoms with Crippen molar-refractivity contribution in [3.63, 3.8) is 0 Å². The average molecular weight is 776 g/mol. The molecule has 2 unspecified atom stereocenters. The molecule has 0 aliphatic heterocycles. The van der Waals surface area contributed by atoms with E-state index in [0.717, 1.165) is 25.7 Å². The Labute approximate surface area is 310 Å². The summed E-state index contributed by atoms with van der Waals surface area (Å²) in [7, 11) is -8.16. The second-order valence-electron chi connectivity index (χ2n) is 12.4. The number of rotatable bonds is 30. The number of hydrogen-bond acceptors (Lipinski definition) is 6. The molecule has 0 aromatic rings. The van der Waals surface area contributed by atoms with E-state index >= 15 is 0 Å². The Morgan fingerprint density at radius 3 is 0.721 bits per heavy atom. The molecule has 2 atom stereocenters. The standard InChI is InChI=1S/2C17H36O3S.Ba/c2*1-3-5-6-7-8-9-10-11-12-13-14-15-16-17(4-2)21(18,19)20;/h2*17H,3-16H2,1-2H3,(H,18,19,20);/q;;+2/p-2. The largest absolute Gasteiger partial charge is 2.00 e. The molecule has 0 bridgehead atoms. The maximum atomic E-state index is 10.9. The van der Waals surface area contributed by atoms with Gasteiger partial charge in [-0.25, -0.2) is 16.8 Å². The van der Waals surface area contributed by atoms with Gasteiger partial charge in [0.25, 0.3) is 0 Å². The summed E-state index contributed by atoms with van der Waals surface area (Å²) in [6.45, 7) is 8.05. The number of hydrogen-bond donors (Lipinski definition) is 0. The van der Waals surface area contributed by atoms with Crippen molar-refractivity contribution in [1.29, 1.82) is 0 Å². The first kappa shape index (κ1) is 48.8. The fraction of sp³-hybridized carbons (Fsp3) is 1.00. The van der Waals surface area contributed by atoms with Crippen LogP contribution in [0.5, 0.6) is 0 Å². The minimum atomic E-state index is -4.08. The molecule has 0 spiro atoms. The Kier molecular flexibility index (Phi) is 39.4. The van der Waals surface area contributed by atoms with Gasteiger partial charge in [0, 0.05) is 10.5 Å². The second kappa shape index (κ2) is 34.7. The topological polar surface area (TPSA) is 114 Å². The average Bonchev–Trinajstić information content (AvgIpc) is 2.93. The van der Waals surface area contributed by atoms with Crippen molar-refractivity contribution >= 4 is 69.1 Å². The van der Waals surface area contributed by atoms with Crippen LogP contribution in [-0.2, 0) is 20.2 Å². The fourth-order valence-electron chi connectivity index (χ4n) is 5.53. The van der Waals surface area contributed by atoms with E-state index in [4.69, 9.17) is 0 Å². The molecule has 0 aromatic heterocycles. The molecular formula is C34H70BaO6S2. The van der Waals surface area contributed by atoms with Gasteiger partial charge in [-0.15, -0.1) is 0 Å². The Hall–Kier alpha value is 1.39. The summed E-state index contributed by atoms with van der Waals surface area (Å²) in [6.07, 6.45) is 32.3. The number of unbranched alkanes of at least 4 members (excludes halogenated alkanes) is 22. The summed E-state index contributed by atoms with van der Waals surface area (Å²) in [4.78, 5) is 0. The summed E-state index contributed by atoms with van der Waals surface area (Å²) >= 11 is 0. The first-order valence-electron chi connectivity index (χ1n) is 17.9. The summed E-state index contributed by atoms with van der Waals surface area (Å²) in [5.41, 5.74) is 0. The quantitative estimate of drug-likeness (QED) is 0.0408. The first-order valence-corrected chi connectivity index (χ1v) is 20.9. The first-order chi connectivity index (χ1) is 20.0. The zero-order valence-corrected chi connectivity index (χ0v) is 35.0. The monoisotopic (exact) mass is 776 g/mol. The van der Waals surface area contributed by atoms with Gasteiger partial charge in [-0.05, 0) is 25.7 Å². The molecule has 0 radical (unpaired) electrons. The zero-order valence-electron chi connectivity index (χ0n) is 28.9. The van der Waals surface area contributed by atoms with Gasteiger partial charge in [0.2, 0.25) is 0 Å². The van der Waals surface area contributed by atoms with Gasteiger partial charge < -0.3 is 9.11 Å². The molecule has 0 aromatic carbocycles. The van der Waals surface area contributed by atoms with Crippen LogP contribution >= 0.6 is 0 Å². The third kappa shape index (κ3) is 36.1. The van der Waals surface area contributed by atoms with E-state index in [2.05, 4.69) is 13.8 Å². The van der Waals surface area contributed by atoms with E-state index in [-0.39, 0.29) is 48.9 Å². The van der Waals surface area contributed by atoms with Crippen LogP contribution in [0, 0.1) is 0 Å². The molecule has 9 heteroatoms. The van der Waals surface area contributed by atoms with E-state index in [0.29, 0.717) is 25.7 Å². The van der Waals surface area contributed by atoms with Crippen LogP contribution in [0.4, 0.5) is 0 Å². The van der Waals surface area contributed by atoms with Gasteiger partial charge in [-0.1, -0.05) is 182 Å². The third-order valence-corrected chi connectivity index (χ3v) is 11.3. The van der Waals surface area contributed by atoms with Crippen molar-refractivity contribution in [2.24, 2.45) is 0 Å². The molecule has 0 saturated carbocycles. The molecule has 43 heavy (non-hydrogen) atoms. The summed E-state index contributed by atoms with van der Waals surface area (Å²) in [6, 6.07) is 0. The molecule has 0 saturated heterocycles. The summed E-state index contributed by atoms with van der Waals surface area (Å²) in [5, 5.41) is -1.33. The van der Waals surface area contributed by atoms with Crippen molar-refractivity contribution in [2.45, 2.75) is 218 Å². The molecule has 0 aliphatic carbocycles. The molecule has 0 N–H and O–H groups in total. The van der Waals surface area contributed by atoms with Crippen LogP contribution in [0.25, 0.3) is 0 Å². The molecule has 0 fully saturated rings. The predicted octanol–water partition coefficient (Wildman–Crippen LogP) is 10.4. The van der Waals surface area contributed by atoms with E-state index in [9.17, 15) is 25.9 Å². The Morgan fingerprint density at radius 2 is 0.558 bits per heavy atom. The van der Waals surface area contributed by atoms with E-state index in [1.165, 1.54) is 128 Å². The minimum absolute atomic E-state index is 0. The minimum Gasteiger partial charge on any atom is -0.748 e. The van der Waals surface area contributed by atoms with Gasteiger partial charge in [-0.2, -0.15) is 0 Å². The molecule has 0 rings (SSSR count). The van der Waals surface area contributed by atoms with Crippen molar-refractivity contribution in [1.82, 2.24) is 0 Å². The predicted molar refractivity (Wildman–Crippen MR) is 185 cm³/mol. The van der Waals surface area contributed by atoms with Crippen LogP contribution in [0.2, 0.25) is 0 Å². The van der Waals surface area contributed by atoms with Crippen LogP contribution in [0.1, 0.15) is 207 Å². The molecule has 0 amide bonds. The summed E-state index contributed by atoms with van der Waals surface area (Å²) < 4.78 is 65.6. The van der Waals surface area contributed by atoms with Crippen molar-refractivity contribution in [3.05, 3.63) is 0 Å². The van der Waals surface area contributed by atoms with Crippen LogP contribution in [-0.4, -0.2) is 85.3 Å². The SMILES string of the molecule is CCCCCCCCCCCCCCC(CC)S(=O)(=O)[O-].CCCCCCCCCCCCCCC(CC)S(=O)(=O)[O-].[Ba+2]. The van der Waals surface area contributed by atoms with E-state index < -0.39 is 30.7 Å². The van der Waals surface area contributed by atoms with Gasteiger partial charge in [0.1, 0.15) is 0 Å². The maximum absolute atomic E-state index is 10.9. The summed E-state index contributed by atoms with van der Waals surface area (Å²) in [5.74, 6) is 0. The third-order valence-electron chi connectivity index (χ3n) is 8.49. The van der Waals surface area contributed by atoms with E-state index in [1.807, 2.05) is 0 Å². The van der Waals surface area contributed by atoms with Crippen LogP contribution in [0.3, 0.4) is 0 Å². The maximum Gasteiger partial charge on any atom is 2.00 e. The molecule has 0 heterocycles. The fourth-order valence-corrected chi connectivity index (χ4v) is 7.26. The Morgan fingerprint density at radius 1 is 0.372 bits per heavy atom. The molecular weight excluding hydrogens is 706 g/mol. The van der Waals surface area contributed by atoms with Crippen molar-refractivity contribution in [2.75, 3.05) is 0 Å². The van der Waals surface area contributed by atoms with Crippen LogP contribution < -0.4 is 0 Å². The van der Waals surface area contributed by atoms with Crippen molar-refractivity contribution < 1.29 is 25.9 Å². The Bertz CT molecular complexity index is 695. The molecule has 256 valence electrons. The van der Waals surface area contributed by atoms with Gasteiger partial charge in [0.15, 0.2) is 0 Å².